The molecular weight excluding hydrogens is 321 g/mol. The van der Waals surface area contributed by atoms with Gasteiger partial charge in [0.2, 0.25) is 15.9 Å². The summed E-state index contributed by atoms with van der Waals surface area (Å²) in [6.45, 7) is 0.304. The summed E-state index contributed by atoms with van der Waals surface area (Å²) >= 11 is 12.0. The summed E-state index contributed by atoms with van der Waals surface area (Å²) < 4.78 is 24.5. The van der Waals surface area contributed by atoms with Crippen LogP contribution in [0.15, 0.2) is 18.2 Å². The van der Waals surface area contributed by atoms with Crippen molar-refractivity contribution in [3.05, 3.63) is 33.8 Å². The van der Waals surface area contributed by atoms with Gasteiger partial charge in [0, 0.05) is 22.5 Å². The maximum Gasteiger partial charge on any atom is 0.239 e. The molecule has 0 bridgehead atoms. The van der Waals surface area contributed by atoms with Gasteiger partial charge in [0.05, 0.1) is 5.75 Å². The average molecular weight is 334 g/mol. The molecule has 4 nitrogen and oxygen atoms in total. The van der Waals surface area contributed by atoms with Gasteiger partial charge in [0.1, 0.15) is 0 Å². The van der Waals surface area contributed by atoms with Crippen molar-refractivity contribution < 1.29 is 13.2 Å². The molecule has 7 heteroatoms. The van der Waals surface area contributed by atoms with E-state index in [0.29, 0.717) is 29.4 Å². The standard InChI is InChI=1S/C13H13Cl2NO3S/c14-8-2-3-9(12(15)6-8)10-7-11(10)13(17)16-4-1-5-20(16,18)19/h2-3,6,10-11H,1,4-5,7H2/t10-,11-/m0/s1. The Morgan fingerprint density at radius 1 is 1.30 bits per heavy atom. The zero-order valence-electron chi connectivity index (χ0n) is 10.6. The number of carbonyl (C=O) groups excluding carboxylic acids is 1. The van der Waals surface area contributed by atoms with Crippen LogP contribution >= 0.6 is 23.2 Å². The molecule has 2 fully saturated rings. The summed E-state index contributed by atoms with van der Waals surface area (Å²) in [4.78, 5) is 12.3. The van der Waals surface area contributed by atoms with E-state index in [2.05, 4.69) is 0 Å². The number of hydrogen-bond acceptors (Lipinski definition) is 3. The highest BCUT2D eigenvalue weighted by Crippen LogP contribution is 2.51. The minimum absolute atomic E-state index is 0.00284. The molecule has 0 aromatic heterocycles. The monoisotopic (exact) mass is 333 g/mol. The molecule has 20 heavy (non-hydrogen) atoms. The summed E-state index contributed by atoms with van der Waals surface area (Å²) in [5, 5.41) is 1.08. The predicted octanol–water partition coefficient (Wildman–Crippen LogP) is 2.66. The molecule has 0 unspecified atom stereocenters. The molecule has 0 N–H and O–H groups in total. The Morgan fingerprint density at radius 3 is 2.65 bits per heavy atom. The molecule has 1 saturated heterocycles. The van der Waals surface area contributed by atoms with Gasteiger partial charge >= 0.3 is 0 Å². The summed E-state index contributed by atoms with van der Waals surface area (Å²) in [7, 11) is -3.38. The summed E-state index contributed by atoms with van der Waals surface area (Å²) in [5.74, 6) is -0.499. The SMILES string of the molecule is O=C([C@H]1C[C@H]1c1ccc(Cl)cc1Cl)N1CCCS1(=O)=O. The van der Waals surface area contributed by atoms with E-state index in [1.165, 1.54) is 0 Å². The Labute approximate surface area is 127 Å². The Kier molecular flexibility index (Phi) is 3.47. The molecule has 1 saturated carbocycles. The number of sulfonamides is 1. The van der Waals surface area contributed by atoms with Gasteiger partial charge in [-0.05, 0) is 36.5 Å². The molecule has 2 atom stereocenters. The molecule has 1 aliphatic heterocycles. The molecule has 1 aromatic carbocycles. The van der Waals surface area contributed by atoms with Crippen LogP contribution in [0, 0.1) is 5.92 Å². The van der Waals surface area contributed by atoms with E-state index < -0.39 is 10.0 Å². The van der Waals surface area contributed by atoms with Gasteiger partial charge in [-0.1, -0.05) is 29.3 Å². The van der Waals surface area contributed by atoms with Crippen molar-refractivity contribution in [2.75, 3.05) is 12.3 Å². The smallest absolute Gasteiger partial charge is 0.239 e. The van der Waals surface area contributed by atoms with Gasteiger partial charge < -0.3 is 0 Å². The van der Waals surface area contributed by atoms with E-state index in [1.54, 1.807) is 18.2 Å². The van der Waals surface area contributed by atoms with Crippen molar-refractivity contribution in [3.63, 3.8) is 0 Å². The Hall–Kier alpha value is -0.780. The number of amides is 1. The van der Waals surface area contributed by atoms with Crippen LogP contribution in [0.1, 0.15) is 24.3 Å². The van der Waals surface area contributed by atoms with Crippen molar-refractivity contribution in [1.82, 2.24) is 4.31 Å². The van der Waals surface area contributed by atoms with Crippen molar-refractivity contribution in [2.24, 2.45) is 5.92 Å². The first-order chi connectivity index (χ1) is 9.40. The molecule has 2 aliphatic rings. The van der Waals surface area contributed by atoms with Crippen LogP contribution in [0.3, 0.4) is 0 Å². The van der Waals surface area contributed by atoms with Gasteiger partial charge in [-0.3, -0.25) is 4.79 Å². The van der Waals surface area contributed by atoms with Crippen LogP contribution in [0.5, 0.6) is 0 Å². The maximum atomic E-state index is 12.3. The molecule has 0 spiro atoms. The molecule has 108 valence electrons. The molecule has 1 heterocycles. The van der Waals surface area contributed by atoms with Gasteiger partial charge in [-0.15, -0.1) is 0 Å². The second kappa shape index (κ2) is 4.90. The first kappa shape index (κ1) is 14.2. The van der Waals surface area contributed by atoms with Crippen LogP contribution in [0.4, 0.5) is 0 Å². The lowest BCUT2D eigenvalue weighted by Crippen LogP contribution is -2.34. The van der Waals surface area contributed by atoms with Crippen LogP contribution in [0.2, 0.25) is 10.0 Å². The fraction of sp³-hybridized carbons (Fsp3) is 0.462. The fourth-order valence-corrected chi connectivity index (χ4v) is 4.77. The average Bonchev–Trinajstić information content (AvgIpc) is 3.06. The second-order valence-corrected chi connectivity index (χ2v) is 8.05. The third-order valence-corrected chi connectivity index (χ3v) is 6.22. The number of carbonyl (C=O) groups is 1. The van der Waals surface area contributed by atoms with Crippen molar-refractivity contribution in [1.29, 1.82) is 0 Å². The quantitative estimate of drug-likeness (QED) is 0.836. The van der Waals surface area contributed by atoms with Gasteiger partial charge in [-0.25, -0.2) is 12.7 Å². The summed E-state index contributed by atoms with van der Waals surface area (Å²) in [6.07, 6.45) is 1.17. The molecule has 1 aromatic rings. The van der Waals surface area contributed by atoms with Crippen molar-refractivity contribution in [2.45, 2.75) is 18.8 Å². The first-order valence-electron chi connectivity index (χ1n) is 6.39. The van der Waals surface area contributed by atoms with Gasteiger partial charge in [0.15, 0.2) is 0 Å². The highest BCUT2D eigenvalue weighted by Gasteiger charge is 2.49. The van der Waals surface area contributed by atoms with E-state index >= 15 is 0 Å². The molecule has 1 aliphatic carbocycles. The van der Waals surface area contributed by atoms with Crippen LogP contribution in [-0.2, 0) is 14.8 Å². The minimum Gasteiger partial charge on any atom is -0.273 e. The third-order valence-electron chi connectivity index (χ3n) is 3.81. The van der Waals surface area contributed by atoms with Crippen LogP contribution in [0.25, 0.3) is 0 Å². The van der Waals surface area contributed by atoms with E-state index in [-0.39, 0.29) is 23.5 Å². The van der Waals surface area contributed by atoms with E-state index in [1.807, 2.05) is 0 Å². The minimum atomic E-state index is -3.38. The van der Waals surface area contributed by atoms with Gasteiger partial charge in [0.25, 0.3) is 0 Å². The Morgan fingerprint density at radius 2 is 2.05 bits per heavy atom. The van der Waals surface area contributed by atoms with E-state index in [0.717, 1.165) is 9.87 Å². The van der Waals surface area contributed by atoms with Crippen LogP contribution < -0.4 is 0 Å². The number of halogens is 2. The van der Waals surface area contributed by atoms with Gasteiger partial charge in [-0.2, -0.15) is 0 Å². The first-order valence-corrected chi connectivity index (χ1v) is 8.76. The largest absolute Gasteiger partial charge is 0.273 e. The zero-order valence-corrected chi connectivity index (χ0v) is 12.9. The predicted molar refractivity (Wildman–Crippen MR) is 77.4 cm³/mol. The molecule has 1 amide bonds. The number of hydrogen-bond donors (Lipinski definition) is 0. The van der Waals surface area contributed by atoms with Crippen LogP contribution in [-0.4, -0.2) is 30.9 Å². The zero-order chi connectivity index (χ0) is 14.5. The van der Waals surface area contributed by atoms with E-state index in [4.69, 9.17) is 23.2 Å². The lowest BCUT2D eigenvalue weighted by atomic mass is 10.1. The Balaban J connectivity index is 1.77. The third kappa shape index (κ3) is 2.43. The number of rotatable bonds is 2. The summed E-state index contributed by atoms with van der Waals surface area (Å²) in [6, 6.07) is 5.18. The highest BCUT2D eigenvalue weighted by molar-refractivity contribution is 7.89. The normalized spacial score (nSPS) is 27.6. The summed E-state index contributed by atoms with van der Waals surface area (Å²) in [5.41, 5.74) is 0.867. The number of nitrogens with zero attached hydrogens (tertiary/aromatic N) is 1. The lowest BCUT2D eigenvalue weighted by molar-refractivity contribution is -0.127. The van der Waals surface area contributed by atoms with Crippen molar-refractivity contribution in [3.8, 4) is 0 Å². The topological polar surface area (TPSA) is 54.5 Å². The molecule has 0 radical (unpaired) electrons. The lowest BCUT2D eigenvalue weighted by Gasteiger charge is -2.14. The number of benzene rings is 1. The molecular formula is C13H13Cl2NO3S. The highest BCUT2D eigenvalue weighted by atomic mass is 35.5. The molecule has 3 rings (SSSR count). The second-order valence-electron chi connectivity index (χ2n) is 5.19. The van der Waals surface area contributed by atoms with E-state index in [9.17, 15) is 13.2 Å². The fourth-order valence-electron chi connectivity index (χ4n) is 2.69. The Bertz CT molecular complexity index is 674. The maximum absolute atomic E-state index is 12.3. The van der Waals surface area contributed by atoms with Crippen molar-refractivity contribution >= 4 is 39.1 Å².